The normalized spacial score (nSPS) is 22.2. The fraction of sp³-hybridized carbons (Fsp3) is 0.412. The van der Waals surface area contributed by atoms with Crippen LogP contribution in [0.5, 0.6) is 5.75 Å². The van der Waals surface area contributed by atoms with E-state index in [1.807, 2.05) is 25.1 Å². The Morgan fingerprint density at radius 1 is 1.36 bits per heavy atom. The van der Waals surface area contributed by atoms with Crippen molar-refractivity contribution in [2.24, 2.45) is 0 Å². The van der Waals surface area contributed by atoms with Gasteiger partial charge in [-0.3, -0.25) is 0 Å². The van der Waals surface area contributed by atoms with Crippen LogP contribution in [0.3, 0.4) is 0 Å². The topological polar surface area (TPSA) is 86.6 Å². The molecular weight excluding hydrogens is 340 g/mol. The molecule has 25 heavy (non-hydrogen) atoms. The number of thiazole rings is 1. The van der Waals surface area contributed by atoms with E-state index in [1.54, 1.807) is 0 Å². The number of oxazole rings is 1. The lowest BCUT2D eigenvalue weighted by Crippen LogP contribution is -2.51. The van der Waals surface area contributed by atoms with Gasteiger partial charge in [0.15, 0.2) is 10.7 Å². The molecule has 0 aliphatic carbocycles. The molecule has 2 aliphatic heterocycles. The summed E-state index contributed by atoms with van der Waals surface area (Å²) in [5.41, 5.74) is 8.57. The number of aromatic nitrogens is 2. The maximum atomic E-state index is 6.06. The Morgan fingerprint density at radius 2 is 2.28 bits per heavy atom. The van der Waals surface area contributed by atoms with Crippen LogP contribution in [0.15, 0.2) is 22.6 Å². The van der Waals surface area contributed by atoms with E-state index >= 15 is 0 Å². The van der Waals surface area contributed by atoms with Crippen molar-refractivity contribution in [3.63, 3.8) is 0 Å². The van der Waals surface area contributed by atoms with Crippen molar-refractivity contribution in [1.29, 1.82) is 0 Å². The number of nitrogens with zero attached hydrogens (tertiary/aromatic N) is 3. The molecule has 0 radical (unpaired) electrons. The molecular formula is C17H18N4O3S. The van der Waals surface area contributed by atoms with Crippen molar-refractivity contribution < 1.29 is 13.9 Å². The van der Waals surface area contributed by atoms with Crippen LogP contribution in [0.2, 0.25) is 0 Å². The fourth-order valence-corrected chi connectivity index (χ4v) is 4.60. The van der Waals surface area contributed by atoms with E-state index in [2.05, 4.69) is 9.88 Å². The second kappa shape index (κ2) is 5.60. The molecule has 1 aromatic carbocycles. The molecule has 0 unspecified atom stereocenters. The van der Waals surface area contributed by atoms with Gasteiger partial charge >= 0.3 is 0 Å². The molecule has 130 valence electrons. The molecule has 3 aromatic rings. The summed E-state index contributed by atoms with van der Waals surface area (Å²) in [6.07, 6.45) is 0.794. The maximum Gasteiger partial charge on any atom is 0.299 e. The van der Waals surface area contributed by atoms with Crippen LogP contribution in [-0.2, 0) is 11.2 Å². The van der Waals surface area contributed by atoms with Crippen LogP contribution in [0.25, 0.3) is 11.1 Å². The molecule has 8 heteroatoms. The number of benzene rings is 1. The lowest BCUT2D eigenvalue weighted by Gasteiger charge is -2.43. The number of nitrogen functional groups attached to an aromatic ring is 1. The minimum absolute atomic E-state index is 0.0525. The van der Waals surface area contributed by atoms with Gasteiger partial charge < -0.3 is 24.5 Å². The lowest BCUT2D eigenvalue weighted by molar-refractivity contribution is 0.0579. The van der Waals surface area contributed by atoms with Crippen molar-refractivity contribution in [2.45, 2.75) is 25.4 Å². The first-order valence-electron chi connectivity index (χ1n) is 8.37. The third-order valence-electron chi connectivity index (χ3n) is 4.67. The summed E-state index contributed by atoms with van der Waals surface area (Å²) in [6.45, 7) is 3.81. The van der Waals surface area contributed by atoms with Gasteiger partial charge in [0.05, 0.1) is 42.5 Å². The molecule has 1 saturated heterocycles. The predicted octanol–water partition coefficient (Wildman–Crippen LogP) is 2.77. The molecule has 4 heterocycles. The maximum absolute atomic E-state index is 6.06. The number of nitrogens with two attached hydrogens (primary N) is 1. The SMILES string of the molecule is CCOc1ccc2oc(N3[C@@H]4COC[C@H]3c3sc(N)nc3C4)nc2c1. The Balaban J connectivity index is 1.57. The van der Waals surface area contributed by atoms with Gasteiger partial charge in [-0.2, -0.15) is 4.98 Å². The number of ether oxygens (including phenoxy) is 2. The van der Waals surface area contributed by atoms with Crippen LogP contribution in [-0.4, -0.2) is 35.8 Å². The molecule has 2 aliphatic rings. The third kappa shape index (κ3) is 2.36. The van der Waals surface area contributed by atoms with Crippen molar-refractivity contribution in [3.8, 4) is 5.75 Å². The highest BCUT2D eigenvalue weighted by Gasteiger charge is 2.42. The summed E-state index contributed by atoms with van der Waals surface area (Å²) in [5, 5.41) is 0.608. The standard InChI is InChI=1S/C17H18N4O3S/c1-2-23-10-3-4-14-11(6-10)20-17(24-14)21-9-5-12-15(25-16(18)19-12)13(21)8-22-7-9/h3-4,6,9,13H,2,5,7-8H2,1H3,(H2,18,19)/t9-,13-/m0/s1. The predicted molar refractivity (Wildman–Crippen MR) is 95.2 cm³/mol. The number of rotatable bonds is 3. The average molecular weight is 358 g/mol. The summed E-state index contributed by atoms with van der Waals surface area (Å²) < 4.78 is 17.4. The molecule has 0 spiro atoms. The molecule has 0 saturated carbocycles. The second-order valence-corrected chi connectivity index (χ2v) is 7.30. The molecule has 2 atom stereocenters. The smallest absolute Gasteiger partial charge is 0.299 e. The van der Waals surface area contributed by atoms with E-state index in [9.17, 15) is 0 Å². The van der Waals surface area contributed by atoms with Gasteiger partial charge in [-0.1, -0.05) is 11.3 Å². The zero-order chi connectivity index (χ0) is 17.0. The molecule has 2 bridgehead atoms. The first-order valence-corrected chi connectivity index (χ1v) is 9.19. The van der Waals surface area contributed by atoms with Crippen molar-refractivity contribution in [2.75, 3.05) is 30.5 Å². The minimum Gasteiger partial charge on any atom is -0.494 e. The summed E-state index contributed by atoms with van der Waals surface area (Å²) >= 11 is 1.53. The minimum atomic E-state index is 0.0525. The number of morpholine rings is 1. The largest absolute Gasteiger partial charge is 0.494 e. The van der Waals surface area contributed by atoms with Crippen LogP contribution in [0, 0.1) is 0 Å². The van der Waals surface area contributed by atoms with Crippen molar-refractivity contribution in [1.82, 2.24) is 9.97 Å². The van der Waals surface area contributed by atoms with E-state index in [0.717, 1.165) is 33.8 Å². The Hall–Kier alpha value is -2.32. The second-order valence-electron chi connectivity index (χ2n) is 6.24. The lowest BCUT2D eigenvalue weighted by atomic mass is 9.97. The zero-order valence-electron chi connectivity index (χ0n) is 13.8. The van der Waals surface area contributed by atoms with Gasteiger partial charge in [0.2, 0.25) is 0 Å². The van der Waals surface area contributed by atoms with Crippen LogP contribution >= 0.6 is 11.3 Å². The van der Waals surface area contributed by atoms with Crippen molar-refractivity contribution in [3.05, 3.63) is 28.8 Å². The molecule has 5 rings (SSSR count). The van der Waals surface area contributed by atoms with E-state index in [1.165, 1.54) is 11.3 Å². The number of fused-ring (bicyclic) bond motifs is 5. The van der Waals surface area contributed by atoms with Gasteiger partial charge in [0.25, 0.3) is 6.01 Å². The summed E-state index contributed by atoms with van der Waals surface area (Å²) in [4.78, 5) is 12.6. The van der Waals surface area contributed by atoms with E-state index in [4.69, 9.17) is 24.6 Å². The van der Waals surface area contributed by atoms with Crippen LogP contribution in [0.4, 0.5) is 11.1 Å². The van der Waals surface area contributed by atoms with E-state index in [-0.39, 0.29) is 12.1 Å². The van der Waals surface area contributed by atoms with Gasteiger partial charge in [-0.25, -0.2) is 4.98 Å². The quantitative estimate of drug-likeness (QED) is 0.770. The first kappa shape index (κ1) is 15.0. The zero-order valence-corrected chi connectivity index (χ0v) is 14.6. The molecule has 7 nitrogen and oxygen atoms in total. The molecule has 1 fully saturated rings. The highest BCUT2D eigenvalue weighted by molar-refractivity contribution is 7.15. The summed E-state index contributed by atoms with van der Waals surface area (Å²) in [7, 11) is 0. The van der Waals surface area contributed by atoms with Crippen LogP contribution < -0.4 is 15.4 Å². The Labute approximate surface area is 148 Å². The Bertz CT molecular complexity index is 937. The fourth-order valence-electron chi connectivity index (χ4n) is 3.65. The average Bonchev–Trinajstić information content (AvgIpc) is 3.17. The number of hydrogen-bond donors (Lipinski definition) is 1. The Morgan fingerprint density at radius 3 is 3.16 bits per heavy atom. The number of anilines is 2. The van der Waals surface area contributed by atoms with Crippen LogP contribution in [0.1, 0.15) is 23.5 Å². The van der Waals surface area contributed by atoms with Gasteiger partial charge in [0, 0.05) is 12.5 Å². The monoisotopic (exact) mass is 358 g/mol. The highest BCUT2D eigenvalue weighted by atomic mass is 32.1. The molecule has 2 aromatic heterocycles. The molecule has 0 amide bonds. The molecule has 2 N–H and O–H groups in total. The van der Waals surface area contributed by atoms with Crippen molar-refractivity contribution >= 4 is 33.6 Å². The van der Waals surface area contributed by atoms with Gasteiger partial charge in [0.1, 0.15) is 11.3 Å². The first-order chi connectivity index (χ1) is 12.2. The summed E-state index contributed by atoms with van der Waals surface area (Å²) in [6, 6.07) is 6.56. The Kier molecular flexibility index (Phi) is 3.36. The number of hydrogen-bond acceptors (Lipinski definition) is 8. The highest BCUT2D eigenvalue weighted by Crippen LogP contribution is 2.43. The van der Waals surface area contributed by atoms with E-state index in [0.29, 0.717) is 31.0 Å². The summed E-state index contributed by atoms with van der Waals surface area (Å²) in [5.74, 6) is 0.800. The van der Waals surface area contributed by atoms with Gasteiger partial charge in [-0.05, 0) is 19.1 Å². The third-order valence-corrected chi connectivity index (χ3v) is 5.70. The van der Waals surface area contributed by atoms with Gasteiger partial charge in [-0.15, -0.1) is 0 Å². The van der Waals surface area contributed by atoms with E-state index < -0.39 is 0 Å².